The van der Waals surface area contributed by atoms with Crippen LogP contribution in [0.2, 0.25) is 0 Å². The Morgan fingerprint density at radius 1 is 1.22 bits per heavy atom. The summed E-state index contributed by atoms with van der Waals surface area (Å²) in [5, 5.41) is 3.30. The fraction of sp³-hybridized carbons (Fsp3) is 0.571. The molecule has 18 heavy (non-hydrogen) atoms. The third-order valence-electron chi connectivity index (χ3n) is 2.82. The summed E-state index contributed by atoms with van der Waals surface area (Å²) in [7, 11) is 0. The number of rotatable bonds is 7. The highest BCUT2D eigenvalue weighted by molar-refractivity contribution is 5.22. The lowest BCUT2D eigenvalue weighted by molar-refractivity contribution is 0.0471. The Morgan fingerprint density at radius 3 is 2.50 bits per heavy atom. The summed E-state index contributed by atoms with van der Waals surface area (Å²) >= 11 is 0. The third kappa shape index (κ3) is 4.03. The molecule has 0 spiro atoms. The lowest BCUT2D eigenvalue weighted by Gasteiger charge is -2.25. The topological polar surface area (TPSA) is 21.3 Å². The van der Waals surface area contributed by atoms with Gasteiger partial charge >= 0.3 is 0 Å². The summed E-state index contributed by atoms with van der Waals surface area (Å²) in [6.07, 6.45) is 0.880. The van der Waals surface area contributed by atoms with Gasteiger partial charge in [-0.15, -0.1) is 0 Å². The van der Waals surface area contributed by atoms with Crippen molar-refractivity contribution in [3.63, 3.8) is 0 Å². The third-order valence-corrected chi connectivity index (χ3v) is 2.82. The minimum absolute atomic E-state index is 0.0913. The Hall–Kier alpha value is -1.00. The van der Waals surface area contributed by atoms with Crippen LogP contribution in [-0.2, 0) is 4.74 Å². The molecule has 4 heteroatoms. The van der Waals surface area contributed by atoms with Gasteiger partial charge in [-0.25, -0.2) is 8.78 Å². The number of hydrogen-bond donors (Lipinski definition) is 1. The number of nitrogens with one attached hydrogen (secondary N) is 1. The molecule has 2 unspecified atom stereocenters. The highest BCUT2D eigenvalue weighted by atomic mass is 19.2. The van der Waals surface area contributed by atoms with E-state index in [1.54, 1.807) is 6.07 Å². The summed E-state index contributed by atoms with van der Waals surface area (Å²) in [4.78, 5) is 0. The number of halogens is 2. The maximum Gasteiger partial charge on any atom is 0.159 e. The molecule has 1 rings (SSSR count). The Balaban J connectivity index is 2.89. The van der Waals surface area contributed by atoms with E-state index in [9.17, 15) is 8.78 Å². The van der Waals surface area contributed by atoms with Gasteiger partial charge in [0.15, 0.2) is 11.6 Å². The minimum Gasteiger partial charge on any atom is -0.377 e. The minimum atomic E-state index is -0.822. The maximum atomic E-state index is 13.3. The molecule has 0 saturated heterocycles. The van der Waals surface area contributed by atoms with Crippen molar-refractivity contribution < 1.29 is 13.5 Å². The molecule has 2 nitrogen and oxygen atoms in total. The van der Waals surface area contributed by atoms with Crippen LogP contribution >= 0.6 is 0 Å². The normalized spacial score (nSPS) is 14.5. The summed E-state index contributed by atoms with van der Waals surface area (Å²) in [5.74, 6) is -1.64. The summed E-state index contributed by atoms with van der Waals surface area (Å²) < 4.78 is 31.8. The molecule has 0 aliphatic heterocycles. The highest BCUT2D eigenvalue weighted by Crippen LogP contribution is 2.21. The van der Waals surface area contributed by atoms with Gasteiger partial charge < -0.3 is 10.1 Å². The van der Waals surface area contributed by atoms with Crippen LogP contribution in [0.25, 0.3) is 0 Å². The molecule has 0 aromatic heterocycles. The maximum absolute atomic E-state index is 13.3. The fourth-order valence-corrected chi connectivity index (χ4v) is 1.92. The van der Waals surface area contributed by atoms with Gasteiger partial charge in [-0.05, 0) is 44.5 Å². The largest absolute Gasteiger partial charge is 0.377 e. The zero-order valence-corrected chi connectivity index (χ0v) is 11.2. The first-order valence-corrected chi connectivity index (χ1v) is 6.40. The van der Waals surface area contributed by atoms with Crippen molar-refractivity contribution >= 4 is 0 Å². The standard InChI is InChI=1S/C14H21F2NO/c1-4-8-17-14(10(3)18-5-2)11-6-7-12(15)13(16)9-11/h6-7,9-10,14,17H,4-5,8H2,1-3H3. The molecule has 1 N–H and O–H groups in total. The second-order valence-electron chi connectivity index (χ2n) is 4.27. The van der Waals surface area contributed by atoms with E-state index in [0.717, 1.165) is 19.0 Å². The van der Waals surface area contributed by atoms with Crippen molar-refractivity contribution in [2.75, 3.05) is 13.2 Å². The van der Waals surface area contributed by atoms with Gasteiger partial charge in [0.05, 0.1) is 12.1 Å². The predicted molar refractivity (Wildman–Crippen MR) is 68.5 cm³/mol. The highest BCUT2D eigenvalue weighted by Gasteiger charge is 2.20. The second-order valence-corrected chi connectivity index (χ2v) is 4.27. The van der Waals surface area contributed by atoms with Gasteiger partial charge in [0, 0.05) is 6.61 Å². The Morgan fingerprint density at radius 2 is 1.94 bits per heavy atom. The van der Waals surface area contributed by atoms with Gasteiger partial charge in [0.2, 0.25) is 0 Å². The fourth-order valence-electron chi connectivity index (χ4n) is 1.92. The van der Waals surface area contributed by atoms with Crippen LogP contribution in [0, 0.1) is 11.6 Å². The van der Waals surface area contributed by atoms with Crippen molar-refractivity contribution in [3.05, 3.63) is 35.4 Å². The molecule has 1 aromatic rings. The first-order chi connectivity index (χ1) is 8.60. The van der Waals surface area contributed by atoms with Crippen molar-refractivity contribution in [2.45, 2.75) is 39.3 Å². The number of ether oxygens (including phenoxy) is 1. The van der Waals surface area contributed by atoms with Gasteiger partial charge in [-0.3, -0.25) is 0 Å². The molecular weight excluding hydrogens is 236 g/mol. The van der Waals surface area contributed by atoms with E-state index in [1.807, 2.05) is 13.8 Å². The van der Waals surface area contributed by atoms with E-state index < -0.39 is 11.6 Å². The lowest BCUT2D eigenvalue weighted by atomic mass is 10.0. The molecule has 1 aromatic carbocycles. The van der Waals surface area contributed by atoms with Gasteiger partial charge in [0.1, 0.15) is 0 Å². The van der Waals surface area contributed by atoms with Crippen LogP contribution in [0.15, 0.2) is 18.2 Å². The molecule has 0 heterocycles. The first kappa shape index (κ1) is 15.1. The van der Waals surface area contributed by atoms with Crippen LogP contribution in [-0.4, -0.2) is 19.3 Å². The molecular formula is C14H21F2NO. The van der Waals surface area contributed by atoms with Crippen LogP contribution in [0.3, 0.4) is 0 Å². The van der Waals surface area contributed by atoms with E-state index in [4.69, 9.17) is 4.74 Å². The predicted octanol–water partition coefficient (Wildman–Crippen LogP) is 3.43. The molecule has 0 amide bonds. The molecule has 0 saturated carbocycles. The van der Waals surface area contributed by atoms with Crippen molar-refractivity contribution in [3.8, 4) is 0 Å². The van der Waals surface area contributed by atoms with E-state index in [1.165, 1.54) is 6.07 Å². The van der Waals surface area contributed by atoms with E-state index in [0.29, 0.717) is 12.2 Å². The van der Waals surface area contributed by atoms with Crippen molar-refractivity contribution in [1.29, 1.82) is 0 Å². The lowest BCUT2D eigenvalue weighted by Crippen LogP contribution is -2.32. The molecule has 0 fully saturated rings. The van der Waals surface area contributed by atoms with Crippen molar-refractivity contribution in [2.24, 2.45) is 0 Å². The SMILES string of the molecule is CCCNC(c1ccc(F)c(F)c1)C(C)OCC. The van der Waals surface area contributed by atoms with E-state index in [-0.39, 0.29) is 12.1 Å². The van der Waals surface area contributed by atoms with E-state index in [2.05, 4.69) is 12.2 Å². The summed E-state index contributed by atoms with van der Waals surface area (Å²) in [5.41, 5.74) is 0.711. The Kier molecular flexibility index (Phi) is 6.22. The molecule has 0 aliphatic carbocycles. The summed E-state index contributed by atoms with van der Waals surface area (Å²) in [6.45, 7) is 7.30. The number of hydrogen-bond acceptors (Lipinski definition) is 2. The van der Waals surface area contributed by atoms with Gasteiger partial charge in [0.25, 0.3) is 0 Å². The molecule has 2 atom stereocenters. The average Bonchev–Trinajstić information content (AvgIpc) is 2.34. The van der Waals surface area contributed by atoms with Gasteiger partial charge in [-0.1, -0.05) is 13.0 Å². The van der Waals surface area contributed by atoms with Crippen LogP contribution in [0.1, 0.15) is 38.8 Å². The zero-order chi connectivity index (χ0) is 13.5. The quantitative estimate of drug-likeness (QED) is 0.808. The van der Waals surface area contributed by atoms with Crippen LogP contribution in [0.4, 0.5) is 8.78 Å². The average molecular weight is 257 g/mol. The zero-order valence-electron chi connectivity index (χ0n) is 11.2. The molecule has 0 aliphatic rings. The smallest absolute Gasteiger partial charge is 0.159 e. The van der Waals surface area contributed by atoms with Crippen LogP contribution in [0.5, 0.6) is 0 Å². The van der Waals surface area contributed by atoms with Crippen LogP contribution < -0.4 is 5.32 Å². The number of benzene rings is 1. The Labute approximate surface area is 107 Å². The summed E-state index contributed by atoms with van der Waals surface area (Å²) in [6, 6.07) is 3.86. The second kappa shape index (κ2) is 7.44. The van der Waals surface area contributed by atoms with E-state index >= 15 is 0 Å². The molecule has 0 radical (unpaired) electrons. The molecule has 0 bridgehead atoms. The van der Waals surface area contributed by atoms with Gasteiger partial charge in [-0.2, -0.15) is 0 Å². The first-order valence-electron chi connectivity index (χ1n) is 6.40. The Bertz CT molecular complexity index is 371. The van der Waals surface area contributed by atoms with Crippen molar-refractivity contribution in [1.82, 2.24) is 5.32 Å². The molecule has 102 valence electrons. The monoisotopic (exact) mass is 257 g/mol.